The molecule has 1 aromatic carbocycles. The molecule has 0 aliphatic rings. The summed E-state index contributed by atoms with van der Waals surface area (Å²) in [6.45, 7) is 7.10. The van der Waals surface area contributed by atoms with E-state index in [0.29, 0.717) is 25.3 Å². The number of benzene rings is 1. The average molecular weight is 436 g/mol. The van der Waals surface area contributed by atoms with E-state index in [1.54, 1.807) is 17.0 Å². The summed E-state index contributed by atoms with van der Waals surface area (Å²) in [5, 5.41) is 0. The number of carbonyl (C=O) groups is 1. The molecule has 30 heavy (non-hydrogen) atoms. The molecule has 0 atom stereocenters. The number of carbonyl (C=O) groups excluding carboxylic acids is 1. The minimum absolute atomic E-state index is 0.155. The molecule has 0 fully saturated rings. The largest absolute Gasteiger partial charge is 0.497 e. The van der Waals surface area contributed by atoms with Crippen molar-refractivity contribution in [3.8, 4) is 5.75 Å². The number of methoxy groups -OCH3 is 1. The van der Waals surface area contributed by atoms with Crippen molar-refractivity contribution in [1.82, 2.24) is 13.8 Å². The van der Waals surface area contributed by atoms with Crippen LogP contribution < -0.4 is 4.74 Å². The third-order valence-corrected chi connectivity index (χ3v) is 6.68. The molecule has 1 aromatic heterocycles. The Bertz CT molecular complexity index is 920. The Kier molecular flexibility index (Phi) is 8.49. The summed E-state index contributed by atoms with van der Waals surface area (Å²) in [6, 6.07) is 10.1. The zero-order valence-electron chi connectivity index (χ0n) is 18.5. The third-order valence-electron chi connectivity index (χ3n) is 4.82. The van der Waals surface area contributed by atoms with E-state index < -0.39 is 10.0 Å². The molecule has 2 aromatic rings. The highest BCUT2D eigenvalue weighted by Gasteiger charge is 2.28. The molecule has 8 heteroatoms. The molecule has 0 radical (unpaired) electrons. The van der Waals surface area contributed by atoms with Crippen molar-refractivity contribution in [2.75, 3.05) is 26.7 Å². The fourth-order valence-electron chi connectivity index (χ4n) is 3.23. The van der Waals surface area contributed by atoms with E-state index in [1.165, 1.54) is 23.5 Å². The number of aromatic nitrogens is 1. The Morgan fingerprint density at radius 1 is 1.17 bits per heavy atom. The summed E-state index contributed by atoms with van der Waals surface area (Å²) in [5.74, 6) is 0.653. The molecule has 7 nitrogen and oxygen atoms in total. The van der Waals surface area contributed by atoms with Gasteiger partial charge >= 0.3 is 0 Å². The maximum Gasteiger partial charge on any atom is 0.243 e. The predicted molar refractivity (Wildman–Crippen MR) is 118 cm³/mol. The zero-order valence-corrected chi connectivity index (χ0v) is 19.4. The van der Waals surface area contributed by atoms with Gasteiger partial charge in [0.05, 0.1) is 25.1 Å². The molecule has 0 N–H and O–H groups in total. The molecule has 0 saturated carbocycles. The third kappa shape index (κ3) is 6.09. The highest BCUT2D eigenvalue weighted by Crippen LogP contribution is 2.20. The second kappa shape index (κ2) is 10.6. The van der Waals surface area contributed by atoms with E-state index in [4.69, 9.17) is 4.74 Å². The summed E-state index contributed by atoms with van der Waals surface area (Å²) < 4.78 is 34.7. The first-order valence-corrected chi connectivity index (χ1v) is 11.6. The highest BCUT2D eigenvalue weighted by molar-refractivity contribution is 7.89. The monoisotopic (exact) mass is 435 g/mol. The van der Waals surface area contributed by atoms with E-state index in [-0.39, 0.29) is 29.8 Å². The Labute approximate surface area is 180 Å². The van der Waals surface area contributed by atoms with Crippen LogP contribution in [-0.4, -0.2) is 54.8 Å². The predicted octanol–water partition coefficient (Wildman–Crippen LogP) is 3.12. The standard InChI is InChI=1S/C22H33N3O4S/c1-6-13-25(30(27,28)21-11-9-20(29-5)10-12-21)17-22(26)24(15-18(2)3)16-19-8-7-14-23(19)4/h7-12,14,18H,6,13,15-17H2,1-5H3. The summed E-state index contributed by atoms with van der Waals surface area (Å²) >= 11 is 0. The minimum Gasteiger partial charge on any atom is -0.497 e. The number of hydrogen-bond donors (Lipinski definition) is 0. The van der Waals surface area contributed by atoms with Gasteiger partial charge in [0.15, 0.2) is 0 Å². The molecule has 0 spiro atoms. The Balaban J connectivity index is 2.24. The topological polar surface area (TPSA) is 71.9 Å². The summed E-state index contributed by atoms with van der Waals surface area (Å²) in [4.78, 5) is 15.1. The van der Waals surface area contributed by atoms with E-state index in [1.807, 2.05) is 50.7 Å². The van der Waals surface area contributed by atoms with Gasteiger partial charge in [-0.05, 0) is 48.7 Å². The van der Waals surface area contributed by atoms with Gasteiger partial charge in [-0.15, -0.1) is 0 Å². The van der Waals surface area contributed by atoms with Gasteiger partial charge < -0.3 is 14.2 Å². The van der Waals surface area contributed by atoms with Gasteiger partial charge in [0.1, 0.15) is 5.75 Å². The van der Waals surface area contributed by atoms with Crippen LogP contribution in [0.4, 0.5) is 0 Å². The van der Waals surface area contributed by atoms with Crippen molar-refractivity contribution >= 4 is 15.9 Å². The normalized spacial score (nSPS) is 11.8. The summed E-state index contributed by atoms with van der Waals surface area (Å²) in [5.41, 5.74) is 1.00. The van der Waals surface area contributed by atoms with Crippen molar-refractivity contribution in [1.29, 1.82) is 0 Å². The van der Waals surface area contributed by atoms with Crippen LogP contribution in [0.15, 0.2) is 47.5 Å². The first kappa shape index (κ1) is 24.0. The van der Waals surface area contributed by atoms with Gasteiger partial charge in [-0.25, -0.2) is 8.42 Å². The molecule has 0 saturated heterocycles. The molecular formula is C22H33N3O4S. The molecule has 1 amide bonds. The van der Waals surface area contributed by atoms with Crippen LogP contribution in [0.3, 0.4) is 0 Å². The van der Waals surface area contributed by atoms with Gasteiger partial charge in [0.25, 0.3) is 0 Å². The number of aryl methyl sites for hydroxylation is 1. The number of sulfonamides is 1. The molecule has 0 unspecified atom stereocenters. The molecular weight excluding hydrogens is 402 g/mol. The Hall–Kier alpha value is -2.32. The molecule has 2 rings (SSSR count). The number of hydrogen-bond acceptors (Lipinski definition) is 4. The lowest BCUT2D eigenvalue weighted by Crippen LogP contribution is -2.44. The van der Waals surface area contributed by atoms with Crippen LogP contribution in [0.25, 0.3) is 0 Å². The van der Waals surface area contributed by atoms with Crippen LogP contribution in [0.2, 0.25) is 0 Å². The molecule has 166 valence electrons. The lowest BCUT2D eigenvalue weighted by molar-refractivity contribution is -0.132. The number of rotatable bonds is 11. The second-order valence-electron chi connectivity index (χ2n) is 7.79. The van der Waals surface area contributed by atoms with E-state index in [0.717, 1.165) is 5.69 Å². The first-order valence-electron chi connectivity index (χ1n) is 10.2. The summed E-state index contributed by atoms with van der Waals surface area (Å²) in [6.07, 6.45) is 2.55. The highest BCUT2D eigenvalue weighted by atomic mass is 32.2. The van der Waals surface area contributed by atoms with E-state index in [9.17, 15) is 13.2 Å². The Morgan fingerprint density at radius 3 is 2.33 bits per heavy atom. The first-order chi connectivity index (χ1) is 14.2. The van der Waals surface area contributed by atoms with Gasteiger partial charge in [-0.1, -0.05) is 20.8 Å². The van der Waals surface area contributed by atoms with E-state index in [2.05, 4.69) is 0 Å². The lowest BCUT2D eigenvalue weighted by Gasteiger charge is -2.28. The van der Waals surface area contributed by atoms with Crippen LogP contribution in [0.5, 0.6) is 5.75 Å². The second-order valence-corrected chi connectivity index (χ2v) is 9.73. The van der Waals surface area contributed by atoms with Crippen molar-refractivity contribution in [2.45, 2.75) is 38.6 Å². The average Bonchev–Trinajstić information content (AvgIpc) is 3.11. The van der Waals surface area contributed by atoms with Crippen molar-refractivity contribution in [3.63, 3.8) is 0 Å². The molecule has 0 aliphatic carbocycles. The smallest absolute Gasteiger partial charge is 0.243 e. The van der Waals surface area contributed by atoms with Crippen LogP contribution in [-0.2, 0) is 28.4 Å². The molecule has 0 aliphatic heterocycles. The van der Waals surface area contributed by atoms with Crippen molar-refractivity contribution < 1.29 is 17.9 Å². The van der Waals surface area contributed by atoms with Crippen LogP contribution >= 0.6 is 0 Å². The molecule has 0 bridgehead atoms. The van der Waals surface area contributed by atoms with Crippen LogP contribution in [0.1, 0.15) is 32.9 Å². The fourth-order valence-corrected chi connectivity index (χ4v) is 4.71. The van der Waals surface area contributed by atoms with Crippen molar-refractivity contribution in [3.05, 3.63) is 48.3 Å². The quantitative estimate of drug-likeness (QED) is 0.544. The van der Waals surface area contributed by atoms with Gasteiger partial charge in [0, 0.05) is 32.0 Å². The number of ether oxygens (including phenoxy) is 1. The summed E-state index contributed by atoms with van der Waals surface area (Å²) in [7, 11) is -0.326. The minimum atomic E-state index is -3.79. The zero-order chi connectivity index (χ0) is 22.3. The number of amides is 1. The lowest BCUT2D eigenvalue weighted by atomic mass is 10.2. The maximum absolute atomic E-state index is 13.2. The van der Waals surface area contributed by atoms with Gasteiger partial charge in [0.2, 0.25) is 15.9 Å². The Morgan fingerprint density at radius 2 is 1.83 bits per heavy atom. The van der Waals surface area contributed by atoms with Crippen LogP contribution in [0, 0.1) is 5.92 Å². The van der Waals surface area contributed by atoms with E-state index >= 15 is 0 Å². The van der Waals surface area contributed by atoms with Gasteiger partial charge in [-0.3, -0.25) is 4.79 Å². The number of nitrogens with zero attached hydrogens (tertiary/aromatic N) is 3. The SMILES string of the molecule is CCCN(CC(=O)N(Cc1cccn1C)CC(C)C)S(=O)(=O)c1ccc(OC)cc1. The molecule has 1 heterocycles. The maximum atomic E-state index is 13.2. The van der Waals surface area contributed by atoms with Crippen molar-refractivity contribution in [2.24, 2.45) is 13.0 Å². The van der Waals surface area contributed by atoms with Gasteiger partial charge in [-0.2, -0.15) is 4.31 Å². The fraction of sp³-hybridized carbons (Fsp3) is 0.500.